The van der Waals surface area contributed by atoms with E-state index in [2.05, 4.69) is 4.98 Å². The Kier molecular flexibility index (Phi) is 2.90. The monoisotopic (exact) mass is 294 g/mol. The van der Waals surface area contributed by atoms with Crippen LogP contribution in [0.5, 0.6) is 0 Å². The molecule has 0 fully saturated rings. The fourth-order valence-corrected chi connectivity index (χ4v) is 3.42. The van der Waals surface area contributed by atoms with E-state index in [1.807, 2.05) is 36.4 Å². The number of fused-ring (bicyclic) bond motifs is 1. The van der Waals surface area contributed by atoms with Gasteiger partial charge < -0.3 is 5.73 Å². The van der Waals surface area contributed by atoms with E-state index in [-0.39, 0.29) is 0 Å². The second-order valence-electron chi connectivity index (χ2n) is 3.84. The molecule has 1 aromatic heterocycles. The molecule has 3 aromatic rings. The van der Waals surface area contributed by atoms with Gasteiger partial charge in [0.15, 0.2) is 0 Å². The van der Waals surface area contributed by atoms with Crippen molar-refractivity contribution in [3.05, 3.63) is 46.4 Å². The molecule has 2 N–H and O–H groups in total. The van der Waals surface area contributed by atoms with Crippen LogP contribution in [-0.2, 0) is 0 Å². The van der Waals surface area contributed by atoms with Crippen LogP contribution >= 0.6 is 34.5 Å². The zero-order valence-corrected chi connectivity index (χ0v) is 11.5. The molecule has 0 spiro atoms. The molecule has 0 atom stereocenters. The van der Waals surface area contributed by atoms with Gasteiger partial charge in [0.1, 0.15) is 5.01 Å². The van der Waals surface area contributed by atoms with Crippen molar-refractivity contribution in [3.63, 3.8) is 0 Å². The summed E-state index contributed by atoms with van der Waals surface area (Å²) < 4.78 is 1.02. The molecule has 3 rings (SSSR count). The average molecular weight is 295 g/mol. The van der Waals surface area contributed by atoms with Gasteiger partial charge in [-0.2, -0.15) is 0 Å². The van der Waals surface area contributed by atoms with Crippen LogP contribution in [0.3, 0.4) is 0 Å². The number of hydrogen-bond acceptors (Lipinski definition) is 3. The molecule has 1 heterocycles. The summed E-state index contributed by atoms with van der Waals surface area (Å²) in [5.41, 5.74) is 8.28. The number of nitrogens with zero attached hydrogens (tertiary/aromatic N) is 1. The van der Waals surface area contributed by atoms with Gasteiger partial charge in [-0.05, 0) is 30.3 Å². The van der Waals surface area contributed by atoms with E-state index in [4.69, 9.17) is 28.9 Å². The van der Waals surface area contributed by atoms with Crippen LogP contribution in [0.15, 0.2) is 36.4 Å². The van der Waals surface area contributed by atoms with Crippen molar-refractivity contribution in [1.82, 2.24) is 4.98 Å². The zero-order valence-electron chi connectivity index (χ0n) is 9.15. The lowest BCUT2D eigenvalue weighted by molar-refractivity contribution is 1.48. The molecule has 0 aliphatic carbocycles. The van der Waals surface area contributed by atoms with Gasteiger partial charge in [-0.15, -0.1) is 11.3 Å². The highest BCUT2D eigenvalue weighted by molar-refractivity contribution is 7.21. The molecule has 5 heteroatoms. The summed E-state index contributed by atoms with van der Waals surface area (Å²) in [6.07, 6.45) is 0. The molecule has 0 radical (unpaired) electrons. The summed E-state index contributed by atoms with van der Waals surface area (Å²) in [5.74, 6) is 0. The first kappa shape index (κ1) is 11.8. The van der Waals surface area contributed by atoms with Crippen LogP contribution in [0.25, 0.3) is 20.8 Å². The zero-order chi connectivity index (χ0) is 12.7. The summed E-state index contributed by atoms with van der Waals surface area (Å²) in [6.45, 7) is 0. The van der Waals surface area contributed by atoms with Crippen molar-refractivity contribution >= 4 is 50.4 Å². The Balaban J connectivity index is 2.26. The fraction of sp³-hybridized carbons (Fsp3) is 0. The smallest absolute Gasteiger partial charge is 0.128 e. The Morgan fingerprint density at radius 3 is 2.72 bits per heavy atom. The highest BCUT2D eigenvalue weighted by Gasteiger charge is 2.12. The summed E-state index contributed by atoms with van der Waals surface area (Å²) in [5, 5.41) is 2.13. The number of hydrogen-bond donors (Lipinski definition) is 1. The minimum absolute atomic E-state index is 0.611. The molecule has 2 aromatic carbocycles. The maximum Gasteiger partial charge on any atom is 0.128 e. The number of anilines is 1. The molecule has 0 aliphatic rings. The van der Waals surface area contributed by atoms with Crippen LogP contribution in [0.4, 0.5) is 5.69 Å². The van der Waals surface area contributed by atoms with E-state index < -0.39 is 0 Å². The second kappa shape index (κ2) is 4.43. The predicted molar refractivity (Wildman–Crippen MR) is 79.5 cm³/mol. The van der Waals surface area contributed by atoms with Gasteiger partial charge in [0.25, 0.3) is 0 Å². The second-order valence-corrected chi connectivity index (χ2v) is 5.71. The SMILES string of the molecule is Nc1cccc(Cl)c1-c1nc2ccc(Cl)cc2s1. The maximum atomic E-state index is 6.18. The first-order valence-corrected chi connectivity index (χ1v) is 6.83. The lowest BCUT2D eigenvalue weighted by atomic mass is 10.2. The Hall–Kier alpha value is -1.29. The molecule has 0 unspecified atom stereocenters. The molecule has 0 amide bonds. The third-order valence-corrected chi connectivity index (χ3v) is 4.20. The van der Waals surface area contributed by atoms with E-state index in [1.54, 1.807) is 0 Å². The largest absolute Gasteiger partial charge is 0.398 e. The Labute approximate surface area is 118 Å². The van der Waals surface area contributed by atoms with Gasteiger partial charge in [0.05, 0.1) is 20.8 Å². The first-order valence-electron chi connectivity index (χ1n) is 5.25. The molecule has 0 aliphatic heterocycles. The number of rotatable bonds is 1. The Morgan fingerprint density at radius 1 is 1.11 bits per heavy atom. The molecule has 0 saturated carbocycles. The van der Waals surface area contributed by atoms with Crippen LogP contribution in [-0.4, -0.2) is 4.98 Å². The summed E-state index contributed by atoms with van der Waals surface area (Å²) in [7, 11) is 0. The van der Waals surface area contributed by atoms with Crippen LogP contribution in [0, 0.1) is 0 Å². The predicted octanol–water partition coefficient (Wildman–Crippen LogP) is 4.85. The number of nitrogen functional groups attached to an aromatic ring is 1. The van der Waals surface area contributed by atoms with Crippen LogP contribution in [0.1, 0.15) is 0 Å². The van der Waals surface area contributed by atoms with Crippen molar-refractivity contribution in [2.45, 2.75) is 0 Å². The Morgan fingerprint density at radius 2 is 1.94 bits per heavy atom. The fourth-order valence-electron chi connectivity index (χ4n) is 1.77. The van der Waals surface area contributed by atoms with E-state index in [0.29, 0.717) is 15.7 Å². The number of thiazole rings is 1. The lowest BCUT2D eigenvalue weighted by Crippen LogP contribution is -1.89. The molecule has 90 valence electrons. The Bertz CT molecular complexity index is 717. The van der Waals surface area contributed by atoms with Crippen molar-refractivity contribution in [3.8, 4) is 10.6 Å². The van der Waals surface area contributed by atoms with Gasteiger partial charge in [-0.25, -0.2) is 4.98 Å². The normalized spacial score (nSPS) is 11.0. The van der Waals surface area contributed by atoms with E-state index in [1.165, 1.54) is 11.3 Å². The molecule has 2 nitrogen and oxygen atoms in total. The maximum absolute atomic E-state index is 6.18. The third-order valence-electron chi connectivity index (χ3n) is 2.61. The van der Waals surface area contributed by atoms with Gasteiger partial charge in [0, 0.05) is 10.7 Å². The molecular formula is C13H8Cl2N2S. The molecule has 18 heavy (non-hydrogen) atoms. The standard InChI is InChI=1S/C13H8Cl2N2S/c14-7-4-5-10-11(6-7)18-13(17-10)12-8(15)2-1-3-9(12)16/h1-6H,16H2. The topological polar surface area (TPSA) is 38.9 Å². The van der Waals surface area contributed by atoms with E-state index in [9.17, 15) is 0 Å². The van der Waals surface area contributed by atoms with E-state index >= 15 is 0 Å². The van der Waals surface area contributed by atoms with Crippen molar-refractivity contribution in [1.29, 1.82) is 0 Å². The minimum atomic E-state index is 0.611. The quantitative estimate of drug-likeness (QED) is 0.652. The number of benzene rings is 2. The average Bonchev–Trinajstić information content (AvgIpc) is 2.71. The highest BCUT2D eigenvalue weighted by atomic mass is 35.5. The number of aromatic nitrogens is 1. The first-order chi connectivity index (χ1) is 8.65. The third kappa shape index (κ3) is 1.94. The van der Waals surface area contributed by atoms with Crippen molar-refractivity contribution < 1.29 is 0 Å². The number of nitrogens with two attached hydrogens (primary N) is 1. The molecule has 0 saturated heterocycles. The van der Waals surface area contributed by atoms with Crippen molar-refractivity contribution in [2.24, 2.45) is 0 Å². The molecular weight excluding hydrogens is 287 g/mol. The number of halogens is 2. The van der Waals surface area contributed by atoms with Gasteiger partial charge >= 0.3 is 0 Å². The van der Waals surface area contributed by atoms with Crippen LogP contribution < -0.4 is 5.73 Å². The van der Waals surface area contributed by atoms with Gasteiger partial charge in [-0.1, -0.05) is 29.3 Å². The minimum Gasteiger partial charge on any atom is -0.398 e. The lowest BCUT2D eigenvalue weighted by Gasteiger charge is -2.03. The van der Waals surface area contributed by atoms with Gasteiger partial charge in [0.2, 0.25) is 0 Å². The van der Waals surface area contributed by atoms with E-state index in [0.717, 1.165) is 20.8 Å². The summed E-state index contributed by atoms with van der Waals surface area (Å²) in [6, 6.07) is 11.1. The summed E-state index contributed by atoms with van der Waals surface area (Å²) in [4.78, 5) is 4.54. The van der Waals surface area contributed by atoms with Gasteiger partial charge in [-0.3, -0.25) is 0 Å². The highest BCUT2D eigenvalue weighted by Crippen LogP contribution is 2.38. The summed E-state index contributed by atoms with van der Waals surface area (Å²) >= 11 is 13.7. The van der Waals surface area contributed by atoms with Crippen LogP contribution in [0.2, 0.25) is 10.0 Å². The molecule has 0 bridgehead atoms. The van der Waals surface area contributed by atoms with Crippen molar-refractivity contribution in [2.75, 3.05) is 5.73 Å².